The van der Waals surface area contributed by atoms with E-state index in [0.717, 1.165) is 59.1 Å². The highest BCUT2D eigenvalue weighted by atomic mass is 32.1. The number of hydrogen-bond acceptors (Lipinski definition) is 6. The van der Waals surface area contributed by atoms with Gasteiger partial charge in [-0.25, -0.2) is 4.99 Å². The molecular formula is C22H20N2O4S. The maximum atomic E-state index is 13.0. The Hall–Kier alpha value is -3.06. The lowest BCUT2D eigenvalue weighted by molar-refractivity contribution is 0.0948. The summed E-state index contributed by atoms with van der Waals surface area (Å²) in [7, 11) is 0. The minimum atomic E-state index is -0.0985. The zero-order chi connectivity index (χ0) is 19.6. The first-order valence-corrected chi connectivity index (χ1v) is 10.5. The van der Waals surface area contributed by atoms with Crippen molar-refractivity contribution in [1.29, 1.82) is 0 Å². The highest BCUT2D eigenvalue weighted by molar-refractivity contribution is 7.16. The first-order valence-electron chi connectivity index (χ1n) is 9.67. The average molecular weight is 408 g/mol. The molecule has 1 aromatic carbocycles. The molecule has 1 aliphatic heterocycles. The molecule has 0 unspecified atom stereocenters. The smallest absolute Gasteiger partial charge is 0.255 e. The van der Waals surface area contributed by atoms with Crippen LogP contribution in [0.5, 0.6) is 11.5 Å². The zero-order valence-electron chi connectivity index (χ0n) is 15.8. The first-order chi connectivity index (χ1) is 14.3. The van der Waals surface area contributed by atoms with Crippen LogP contribution in [0.25, 0.3) is 0 Å². The fourth-order valence-corrected chi connectivity index (χ4v) is 4.90. The Balaban J connectivity index is 1.42. The van der Waals surface area contributed by atoms with E-state index in [9.17, 15) is 4.79 Å². The van der Waals surface area contributed by atoms with E-state index < -0.39 is 0 Å². The lowest BCUT2D eigenvalue weighted by atomic mass is 9.95. The quantitative estimate of drug-likeness (QED) is 0.625. The second kappa shape index (κ2) is 7.75. The number of fused-ring (bicyclic) bond motifs is 2. The molecule has 5 rings (SSSR count). The number of hydrogen-bond donors (Lipinski definition) is 1. The van der Waals surface area contributed by atoms with Gasteiger partial charge in [-0.2, -0.15) is 0 Å². The van der Waals surface area contributed by atoms with Crippen molar-refractivity contribution in [1.82, 2.24) is 5.32 Å². The predicted molar refractivity (Wildman–Crippen MR) is 111 cm³/mol. The summed E-state index contributed by atoms with van der Waals surface area (Å²) in [5, 5.41) is 3.73. The summed E-state index contributed by atoms with van der Waals surface area (Å²) < 4.78 is 16.1. The topological polar surface area (TPSA) is 73.1 Å². The maximum absolute atomic E-state index is 13.0. The Morgan fingerprint density at radius 1 is 1.17 bits per heavy atom. The highest BCUT2D eigenvalue weighted by Crippen LogP contribution is 2.40. The van der Waals surface area contributed by atoms with Crippen LogP contribution in [0.1, 0.15) is 45.0 Å². The summed E-state index contributed by atoms with van der Waals surface area (Å²) in [6, 6.07) is 9.37. The molecule has 0 bridgehead atoms. The monoisotopic (exact) mass is 408 g/mol. The fourth-order valence-electron chi connectivity index (χ4n) is 3.67. The molecule has 1 N–H and O–H groups in total. The van der Waals surface area contributed by atoms with E-state index in [2.05, 4.69) is 10.3 Å². The number of carbonyl (C=O) groups excluding carboxylic acids is 1. The highest BCUT2D eigenvalue weighted by Gasteiger charge is 2.25. The molecular weight excluding hydrogens is 388 g/mol. The lowest BCUT2D eigenvalue weighted by Gasteiger charge is -2.12. The van der Waals surface area contributed by atoms with Gasteiger partial charge in [-0.15, -0.1) is 11.3 Å². The number of aliphatic imine (C=N–C) groups is 1. The number of nitrogens with zero attached hydrogens (tertiary/aromatic N) is 1. The van der Waals surface area contributed by atoms with Crippen molar-refractivity contribution in [3.05, 3.63) is 63.9 Å². The molecule has 148 valence electrons. The molecule has 0 atom stereocenters. The summed E-state index contributed by atoms with van der Waals surface area (Å²) in [5.74, 6) is 2.09. The fraction of sp³-hybridized carbons (Fsp3) is 0.273. The van der Waals surface area contributed by atoms with Crippen LogP contribution in [0.4, 0.5) is 5.00 Å². The number of carbonyl (C=O) groups is 1. The number of rotatable bonds is 5. The van der Waals surface area contributed by atoms with Gasteiger partial charge < -0.3 is 19.2 Å². The number of ether oxygens (including phenoxy) is 2. The van der Waals surface area contributed by atoms with Crippen LogP contribution < -0.4 is 14.8 Å². The van der Waals surface area contributed by atoms with Gasteiger partial charge in [0, 0.05) is 11.1 Å². The van der Waals surface area contributed by atoms with Crippen molar-refractivity contribution in [2.45, 2.75) is 32.2 Å². The molecule has 0 spiro atoms. The normalized spacial score (nSPS) is 14.9. The second-order valence-corrected chi connectivity index (χ2v) is 8.11. The number of thiophene rings is 1. The number of benzene rings is 1. The van der Waals surface area contributed by atoms with Crippen LogP contribution in [0.2, 0.25) is 0 Å². The van der Waals surface area contributed by atoms with Crippen molar-refractivity contribution < 1.29 is 18.7 Å². The van der Waals surface area contributed by atoms with Crippen LogP contribution >= 0.6 is 11.3 Å². The molecule has 0 radical (unpaired) electrons. The largest absolute Gasteiger partial charge is 0.467 e. The summed E-state index contributed by atoms with van der Waals surface area (Å²) in [4.78, 5) is 19.0. The van der Waals surface area contributed by atoms with E-state index >= 15 is 0 Å². The minimum absolute atomic E-state index is 0.0985. The Kier molecular flexibility index (Phi) is 4.81. The summed E-state index contributed by atoms with van der Waals surface area (Å²) in [6.07, 6.45) is 7.59. The van der Waals surface area contributed by atoms with Crippen LogP contribution in [-0.2, 0) is 19.4 Å². The molecule has 3 aromatic rings. The van der Waals surface area contributed by atoms with Crippen LogP contribution in [0.3, 0.4) is 0 Å². The minimum Gasteiger partial charge on any atom is -0.467 e. The van der Waals surface area contributed by atoms with E-state index in [-0.39, 0.29) is 12.7 Å². The van der Waals surface area contributed by atoms with Crippen molar-refractivity contribution in [3.63, 3.8) is 0 Å². The van der Waals surface area contributed by atoms with Gasteiger partial charge in [0.05, 0.1) is 18.4 Å². The van der Waals surface area contributed by atoms with Gasteiger partial charge in [0.15, 0.2) is 11.5 Å². The Morgan fingerprint density at radius 2 is 2.07 bits per heavy atom. The number of aryl methyl sites for hydroxylation is 1. The number of amides is 1. The van der Waals surface area contributed by atoms with E-state index in [1.165, 1.54) is 4.88 Å². The molecule has 1 aliphatic carbocycles. The van der Waals surface area contributed by atoms with Crippen LogP contribution in [0.15, 0.2) is 46.0 Å². The van der Waals surface area contributed by atoms with Gasteiger partial charge in [-0.1, -0.05) is 0 Å². The Labute approximate surface area is 172 Å². The van der Waals surface area contributed by atoms with Crippen molar-refractivity contribution in [2.24, 2.45) is 4.99 Å². The Bertz CT molecular complexity index is 1070. The maximum Gasteiger partial charge on any atom is 0.255 e. The van der Waals surface area contributed by atoms with Gasteiger partial charge >= 0.3 is 0 Å². The molecule has 2 aliphatic rings. The standard InChI is InChI=1S/C22H20N2O4S/c25-21(23-12-15-4-3-9-26-15)20-16-5-1-2-6-19(16)29-22(20)24-11-14-7-8-17-18(10-14)28-13-27-17/h3-4,7-11H,1-2,5-6,12-13H2,(H,23,25). The SMILES string of the molecule is O=C(NCc1ccco1)c1c(N=Cc2ccc3c(c2)OCO3)sc2c1CCCC2. The molecule has 0 saturated heterocycles. The second-order valence-electron chi connectivity index (χ2n) is 7.02. The molecule has 0 saturated carbocycles. The zero-order valence-corrected chi connectivity index (χ0v) is 16.6. The van der Waals surface area contributed by atoms with Gasteiger partial charge in [0.25, 0.3) is 5.91 Å². The van der Waals surface area contributed by atoms with Gasteiger partial charge in [0.2, 0.25) is 6.79 Å². The van der Waals surface area contributed by atoms with Gasteiger partial charge in [0.1, 0.15) is 10.8 Å². The number of nitrogens with one attached hydrogen (secondary N) is 1. The van der Waals surface area contributed by atoms with Gasteiger partial charge in [-0.3, -0.25) is 4.79 Å². The third-order valence-corrected chi connectivity index (χ3v) is 6.31. The van der Waals surface area contributed by atoms with E-state index in [1.807, 2.05) is 30.3 Å². The van der Waals surface area contributed by atoms with Crippen molar-refractivity contribution >= 4 is 28.5 Å². The number of furan rings is 1. The molecule has 1 amide bonds. The molecule has 3 heterocycles. The molecule has 2 aromatic heterocycles. The Morgan fingerprint density at radius 3 is 2.97 bits per heavy atom. The third-order valence-electron chi connectivity index (χ3n) is 5.11. The molecule has 0 fully saturated rings. The van der Waals surface area contributed by atoms with Crippen LogP contribution in [-0.4, -0.2) is 18.9 Å². The molecule has 6 nitrogen and oxygen atoms in total. The lowest BCUT2D eigenvalue weighted by Crippen LogP contribution is -2.23. The molecule has 29 heavy (non-hydrogen) atoms. The third kappa shape index (κ3) is 3.65. The van der Waals surface area contributed by atoms with E-state index in [0.29, 0.717) is 12.1 Å². The van der Waals surface area contributed by atoms with E-state index in [4.69, 9.17) is 13.9 Å². The summed E-state index contributed by atoms with van der Waals surface area (Å²) in [5.41, 5.74) is 2.76. The van der Waals surface area contributed by atoms with Gasteiger partial charge in [-0.05, 0) is 67.1 Å². The van der Waals surface area contributed by atoms with E-state index in [1.54, 1.807) is 23.8 Å². The summed E-state index contributed by atoms with van der Waals surface area (Å²) in [6.45, 7) is 0.606. The predicted octanol–water partition coefficient (Wildman–Crippen LogP) is 4.63. The van der Waals surface area contributed by atoms with Crippen molar-refractivity contribution in [2.75, 3.05) is 6.79 Å². The average Bonchev–Trinajstić information content (AvgIpc) is 3.49. The molecule has 7 heteroatoms. The first kappa shape index (κ1) is 18.0. The van der Waals surface area contributed by atoms with Crippen LogP contribution in [0, 0.1) is 0 Å². The summed E-state index contributed by atoms with van der Waals surface area (Å²) >= 11 is 1.62. The van der Waals surface area contributed by atoms with Crippen molar-refractivity contribution in [3.8, 4) is 11.5 Å².